The second-order valence-corrected chi connectivity index (χ2v) is 11.0. The van der Waals surface area contributed by atoms with Crippen LogP contribution in [0, 0.1) is 0 Å². The van der Waals surface area contributed by atoms with Crippen molar-refractivity contribution in [2.45, 2.75) is 39.5 Å². The molecule has 2 rings (SSSR count). The van der Waals surface area contributed by atoms with E-state index in [1.165, 1.54) is 0 Å². The van der Waals surface area contributed by atoms with Gasteiger partial charge in [-0.25, -0.2) is 9.59 Å². The maximum Gasteiger partial charge on any atom is 0.366 e. The van der Waals surface area contributed by atoms with Crippen LogP contribution in [-0.4, -0.2) is 26.8 Å². The first-order valence-electron chi connectivity index (χ1n) is 9.71. The van der Waals surface area contributed by atoms with Gasteiger partial charge in [-0.15, -0.1) is 0 Å². The maximum atomic E-state index is 13.1. The molecule has 27 heavy (non-hydrogen) atoms. The summed E-state index contributed by atoms with van der Waals surface area (Å²) in [5.41, 5.74) is 1.56. The standard InChI is InChI=1S/C23H30O2S2/c1-3-5-17-26(22(24)20-13-9-7-10-14-20)19-27(18-6-4-2)23(25)21-15-11-8-12-16-21/h7-16H,3-6,17-19H2,1-2H3/q+2. The van der Waals surface area contributed by atoms with E-state index in [0.717, 1.165) is 48.3 Å². The van der Waals surface area contributed by atoms with E-state index in [0.29, 0.717) is 5.08 Å². The van der Waals surface area contributed by atoms with Crippen molar-refractivity contribution in [2.75, 3.05) is 16.6 Å². The summed E-state index contributed by atoms with van der Waals surface area (Å²) < 4.78 is 0. The van der Waals surface area contributed by atoms with Gasteiger partial charge in [0, 0.05) is 0 Å². The van der Waals surface area contributed by atoms with Crippen molar-refractivity contribution >= 4 is 32.0 Å². The van der Waals surface area contributed by atoms with Gasteiger partial charge in [-0.2, -0.15) is 0 Å². The third kappa shape index (κ3) is 6.86. The summed E-state index contributed by atoms with van der Waals surface area (Å²) in [5, 5.41) is 1.15. The Balaban J connectivity index is 2.20. The van der Waals surface area contributed by atoms with E-state index in [1.807, 2.05) is 60.7 Å². The highest BCUT2D eigenvalue weighted by atomic mass is 32.3. The second kappa shape index (κ2) is 12.0. The third-order valence-corrected chi connectivity index (χ3v) is 9.68. The lowest BCUT2D eigenvalue weighted by molar-refractivity contribution is 0.108. The number of hydrogen-bond acceptors (Lipinski definition) is 2. The Hall–Kier alpha value is -1.52. The van der Waals surface area contributed by atoms with Crippen LogP contribution in [0.5, 0.6) is 0 Å². The van der Waals surface area contributed by atoms with Crippen LogP contribution >= 0.6 is 0 Å². The molecule has 0 N–H and O–H groups in total. The van der Waals surface area contributed by atoms with Gasteiger partial charge >= 0.3 is 10.2 Å². The van der Waals surface area contributed by atoms with Crippen molar-refractivity contribution in [3.8, 4) is 0 Å². The van der Waals surface area contributed by atoms with Gasteiger partial charge < -0.3 is 0 Å². The minimum Gasteiger partial charge on any atom is -0.231 e. The summed E-state index contributed by atoms with van der Waals surface area (Å²) in [7, 11) is -0.791. The summed E-state index contributed by atoms with van der Waals surface area (Å²) in [5.74, 6) is 1.78. The lowest BCUT2D eigenvalue weighted by atomic mass is 10.2. The largest absolute Gasteiger partial charge is 0.366 e. The first-order valence-corrected chi connectivity index (χ1v) is 12.8. The molecule has 144 valence electrons. The van der Waals surface area contributed by atoms with Gasteiger partial charge in [0.25, 0.3) is 5.08 Å². The minimum atomic E-state index is -0.395. The Kier molecular flexibility index (Phi) is 9.71. The zero-order valence-corrected chi connectivity index (χ0v) is 18.0. The minimum absolute atomic E-state index is 0.221. The van der Waals surface area contributed by atoms with E-state index in [2.05, 4.69) is 13.8 Å². The van der Waals surface area contributed by atoms with Crippen LogP contribution in [0.15, 0.2) is 60.7 Å². The van der Waals surface area contributed by atoms with Crippen LogP contribution in [0.3, 0.4) is 0 Å². The molecule has 0 aliphatic carbocycles. The molecule has 4 heteroatoms. The molecule has 0 amide bonds. The highest BCUT2D eigenvalue weighted by Crippen LogP contribution is 2.19. The van der Waals surface area contributed by atoms with Crippen LogP contribution in [0.2, 0.25) is 0 Å². The highest BCUT2D eigenvalue weighted by Gasteiger charge is 2.42. The van der Waals surface area contributed by atoms with Gasteiger partial charge in [0.1, 0.15) is 33.3 Å². The average Bonchev–Trinajstić information content (AvgIpc) is 2.73. The molecule has 0 aliphatic rings. The van der Waals surface area contributed by atoms with Gasteiger partial charge in [0.2, 0.25) is 0 Å². The fraction of sp³-hybridized carbons (Fsp3) is 0.391. The Morgan fingerprint density at radius 3 is 1.37 bits per heavy atom. The quantitative estimate of drug-likeness (QED) is 0.494. The number of benzene rings is 2. The van der Waals surface area contributed by atoms with E-state index in [4.69, 9.17) is 0 Å². The lowest BCUT2D eigenvalue weighted by Gasteiger charge is -2.09. The molecule has 2 atom stereocenters. The molecule has 0 aliphatic heterocycles. The van der Waals surface area contributed by atoms with Crippen molar-refractivity contribution < 1.29 is 9.59 Å². The number of rotatable bonds is 10. The fourth-order valence-corrected chi connectivity index (χ4v) is 8.46. The third-order valence-electron chi connectivity index (χ3n) is 4.32. The number of carbonyl (C=O) groups is 2. The summed E-state index contributed by atoms with van der Waals surface area (Å²) in [4.78, 5) is 26.2. The van der Waals surface area contributed by atoms with Crippen LogP contribution < -0.4 is 0 Å². The highest BCUT2D eigenvalue weighted by molar-refractivity contribution is 8.26. The number of unbranched alkanes of at least 4 members (excludes halogenated alkanes) is 2. The predicted molar refractivity (Wildman–Crippen MR) is 121 cm³/mol. The summed E-state index contributed by atoms with van der Waals surface area (Å²) in [6.45, 7) is 4.31. The predicted octanol–water partition coefficient (Wildman–Crippen LogP) is 5.46. The summed E-state index contributed by atoms with van der Waals surface area (Å²) in [6, 6.07) is 19.1. The molecule has 0 bridgehead atoms. The van der Waals surface area contributed by atoms with Crippen LogP contribution in [-0.2, 0) is 21.8 Å². The van der Waals surface area contributed by atoms with Crippen molar-refractivity contribution in [3.63, 3.8) is 0 Å². The van der Waals surface area contributed by atoms with E-state index < -0.39 is 21.8 Å². The zero-order valence-electron chi connectivity index (χ0n) is 16.4. The van der Waals surface area contributed by atoms with E-state index in [1.54, 1.807) is 0 Å². The lowest BCUT2D eigenvalue weighted by Crippen LogP contribution is -2.33. The van der Waals surface area contributed by atoms with Gasteiger partial charge in [-0.3, -0.25) is 0 Å². The maximum absolute atomic E-state index is 13.1. The first kappa shape index (κ1) is 21.8. The molecule has 0 heterocycles. The summed E-state index contributed by atoms with van der Waals surface area (Å²) >= 11 is 0. The van der Waals surface area contributed by atoms with Gasteiger partial charge in [0.05, 0.1) is 11.1 Å². The molecule has 0 spiro atoms. The molecule has 2 nitrogen and oxygen atoms in total. The first-order chi connectivity index (χ1) is 13.2. The van der Waals surface area contributed by atoms with Crippen molar-refractivity contribution in [1.29, 1.82) is 0 Å². The van der Waals surface area contributed by atoms with Gasteiger partial charge in [-0.1, -0.05) is 63.1 Å². The van der Waals surface area contributed by atoms with E-state index in [-0.39, 0.29) is 10.2 Å². The van der Waals surface area contributed by atoms with Gasteiger partial charge in [-0.05, 0) is 37.1 Å². The molecule has 0 aromatic heterocycles. The summed E-state index contributed by atoms with van der Waals surface area (Å²) in [6.07, 6.45) is 4.21. The molecule has 0 saturated carbocycles. The van der Waals surface area contributed by atoms with Gasteiger partial charge in [0.15, 0.2) is 0 Å². The second-order valence-electron chi connectivity index (χ2n) is 6.53. The van der Waals surface area contributed by atoms with Crippen LogP contribution in [0.4, 0.5) is 0 Å². The smallest absolute Gasteiger partial charge is 0.231 e. The molecule has 2 unspecified atom stereocenters. The zero-order chi connectivity index (χ0) is 19.5. The van der Waals surface area contributed by atoms with Crippen molar-refractivity contribution in [3.05, 3.63) is 71.8 Å². The molecule has 0 fully saturated rings. The topological polar surface area (TPSA) is 34.1 Å². The number of carbonyl (C=O) groups excluding carboxylic acids is 2. The van der Waals surface area contributed by atoms with Crippen molar-refractivity contribution in [1.82, 2.24) is 0 Å². The molecule has 0 radical (unpaired) electrons. The molecule has 2 aromatic carbocycles. The van der Waals surface area contributed by atoms with Crippen LogP contribution in [0.1, 0.15) is 60.2 Å². The Bertz CT molecular complexity index is 639. The number of hydrogen-bond donors (Lipinski definition) is 0. The Morgan fingerprint density at radius 2 is 1.04 bits per heavy atom. The fourth-order valence-electron chi connectivity index (χ4n) is 2.70. The SMILES string of the molecule is CCCC[S+](C[S+](CCCC)C(=O)c1ccccc1)C(=O)c1ccccc1. The average molecular weight is 403 g/mol. The normalized spacial score (nSPS) is 13.1. The van der Waals surface area contributed by atoms with E-state index in [9.17, 15) is 9.59 Å². The monoisotopic (exact) mass is 402 g/mol. The Labute approximate surface area is 169 Å². The Morgan fingerprint density at radius 1 is 0.667 bits per heavy atom. The molecule has 0 saturated heterocycles. The molecule has 2 aromatic rings. The molecular weight excluding hydrogens is 372 g/mol. The van der Waals surface area contributed by atoms with Crippen LogP contribution in [0.25, 0.3) is 0 Å². The van der Waals surface area contributed by atoms with Crippen molar-refractivity contribution in [2.24, 2.45) is 0 Å². The molecular formula is C23H30O2S2+2. The van der Waals surface area contributed by atoms with E-state index >= 15 is 0 Å².